The molecule has 0 aliphatic carbocycles. The Hall–Kier alpha value is -1.59. The van der Waals surface area contributed by atoms with E-state index in [1.165, 1.54) is 5.56 Å². The van der Waals surface area contributed by atoms with Gasteiger partial charge in [0.1, 0.15) is 0 Å². The summed E-state index contributed by atoms with van der Waals surface area (Å²) in [6.07, 6.45) is 1.53. The third kappa shape index (κ3) is 3.85. The first-order valence-corrected chi connectivity index (χ1v) is 8.47. The van der Waals surface area contributed by atoms with Gasteiger partial charge in [0.15, 0.2) is 5.79 Å². The van der Waals surface area contributed by atoms with Gasteiger partial charge in [0, 0.05) is 31.6 Å². The summed E-state index contributed by atoms with van der Waals surface area (Å²) in [4.78, 5) is 14.2. The number of ether oxygens (including phenoxy) is 2. The molecular formula is C18H26N2O3. The van der Waals surface area contributed by atoms with E-state index < -0.39 is 5.79 Å². The molecule has 1 aromatic rings. The van der Waals surface area contributed by atoms with E-state index in [2.05, 4.69) is 31.3 Å². The maximum Gasteiger partial charge on any atom is 0.241 e. The summed E-state index contributed by atoms with van der Waals surface area (Å²) in [6, 6.07) is 8.29. The highest BCUT2D eigenvalue weighted by Crippen LogP contribution is 2.31. The number of hydrogen-bond donors (Lipinski definition) is 1. The first-order chi connectivity index (χ1) is 11.1. The molecule has 126 valence electrons. The lowest BCUT2D eigenvalue weighted by Crippen LogP contribution is -2.48. The molecule has 0 bridgehead atoms. The Balaban J connectivity index is 1.46. The van der Waals surface area contributed by atoms with E-state index in [1.54, 1.807) is 0 Å². The zero-order valence-corrected chi connectivity index (χ0v) is 14.0. The van der Waals surface area contributed by atoms with Gasteiger partial charge in [-0.2, -0.15) is 0 Å². The van der Waals surface area contributed by atoms with Gasteiger partial charge in [-0.15, -0.1) is 0 Å². The second-order valence-electron chi connectivity index (χ2n) is 6.62. The van der Waals surface area contributed by atoms with Gasteiger partial charge in [-0.05, 0) is 23.6 Å². The molecule has 0 saturated carbocycles. The molecule has 1 aromatic carbocycles. The predicted molar refractivity (Wildman–Crippen MR) is 89.5 cm³/mol. The minimum atomic E-state index is -0.420. The summed E-state index contributed by atoms with van der Waals surface area (Å²) in [6.45, 7) is 7.42. The normalized spacial score (nSPS) is 20.2. The standard InChI is InChI=1S/C18H26N2O3/c1-14(2)15-3-5-16(6-4-15)19-13-17(21)20-9-7-18(8-10-20)22-11-12-23-18/h3-6,14,19H,7-13H2,1-2H3. The average molecular weight is 318 g/mol. The van der Waals surface area contributed by atoms with Crippen LogP contribution in [0.5, 0.6) is 0 Å². The SMILES string of the molecule is CC(C)c1ccc(NCC(=O)N2CCC3(CC2)OCCO3)cc1. The summed E-state index contributed by atoms with van der Waals surface area (Å²) in [5.74, 6) is 0.230. The van der Waals surface area contributed by atoms with Crippen LogP contribution in [0.4, 0.5) is 5.69 Å². The Labute approximate surface area is 137 Å². The fraction of sp³-hybridized carbons (Fsp3) is 0.611. The van der Waals surface area contributed by atoms with Crippen LogP contribution in [0.25, 0.3) is 0 Å². The Bertz CT molecular complexity index is 526. The third-order valence-electron chi connectivity index (χ3n) is 4.71. The summed E-state index contributed by atoms with van der Waals surface area (Å²) >= 11 is 0. The first-order valence-electron chi connectivity index (χ1n) is 8.47. The van der Waals surface area contributed by atoms with Crippen molar-refractivity contribution in [3.63, 3.8) is 0 Å². The van der Waals surface area contributed by atoms with E-state index in [0.717, 1.165) is 18.5 Å². The summed E-state index contributed by atoms with van der Waals surface area (Å²) in [5, 5.41) is 3.22. The van der Waals surface area contributed by atoms with E-state index >= 15 is 0 Å². The van der Waals surface area contributed by atoms with Crippen LogP contribution < -0.4 is 5.32 Å². The number of carbonyl (C=O) groups is 1. The number of amides is 1. The van der Waals surface area contributed by atoms with Gasteiger partial charge in [0.25, 0.3) is 0 Å². The Morgan fingerprint density at radius 3 is 2.35 bits per heavy atom. The van der Waals surface area contributed by atoms with Gasteiger partial charge in [-0.25, -0.2) is 0 Å². The number of rotatable bonds is 4. The first kappa shape index (κ1) is 16.3. The molecule has 0 radical (unpaired) electrons. The van der Waals surface area contributed by atoms with Crippen molar-refractivity contribution in [3.8, 4) is 0 Å². The molecule has 5 nitrogen and oxygen atoms in total. The highest BCUT2D eigenvalue weighted by molar-refractivity contribution is 5.81. The smallest absolute Gasteiger partial charge is 0.241 e. The number of nitrogens with zero attached hydrogens (tertiary/aromatic N) is 1. The number of piperidine rings is 1. The molecular weight excluding hydrogens is 292 g/mol. The van der Waals surface area contributed by atoms with E-state index in [1.807, 2.05) is 17.0 Å². The van der Waals surface area contributed by atoms with Crippen LogP contribution in [0.15, 0.2) is 24.3 Å². The van der Waals surface area contributed by atoms with Gasteiger partial charge in [-0.3, -0.25) is 4.79 Å². The number of likely N-dealkylation sites (tertiary alicyclic amines) is 1. The second-order valence-corrected chi connectivity index (χ2v) is 6.62. The van der Waals surface area contributed by atoms with Crippen molar-refractivity contribution in [1.82, 2.24) is 4.90 Å². The van der Waals surface area contributed by atoms with Gasteiger partial charge in [0.2, 0.25) is 5.91 Å². The number of nitrogens with one attached hydrogen (secondary N) is 1. The van der Waals surface area contributed by atoms with Crippen molar-refractivity contribution in [2.24, 2.45) is 0 Å². The molecule has 2 aliphatic heterocycles. The largest absolute Gasteiger partial charge is 0.376 e. The lowest BCUT2D eigenvalue weighted by molar-refractivity contribution is -0.187. The minimum absolute atomic E-state index is 0.130. The fourth-order valence-electron chi connectivity index (χ4n) is 3.16. The highest BCUT2D eigenvalue weighted by atomic mass is 16.7. The molecule has 0 atom stereocenters. The van der Waals surface area contributed by atoms with Crippen LogP contribution in [0.2, 0.25) is 0 Å². The van der Waals surface area contributed by atoms with Crippen LogP contribution in [-0.4, -0.2) is 49.4 Å². The number of benzene rings is 1. The number of anilines is 1. The van der Waals surface area contributed by atoms with Crippen molar-refractivity contribution in [1.29, 1.82) is 0 Å². The highest BCUT2D eigenvalue weighted by Gasteiger charge is 2.40. The maximum absolute atomic E-state index is 12.3. The van der Waals surface area contributed by atoms with E-state index in [0.29, 0.717) is 38.8 Å². The molecule has 1 amide bonds. The molecule has 0 unspecified atom stereocenters. The molecule has 3 rings (SSSR count). The lowest BCUT2D eigenvalue weighted by Gasteiger charge is -2.37. The van der Waals surface area contributed by atoms with Crippen molar-refractivity contribution in [2.45, 2.75) is 38.4 Å². The summed E-state index contributed by atoms with van der Waals surface area (Å²) < 4.78 is 11.4. The lowest BCUT2D eigenvalue weighted by atomic mass is 10.0. The molecule has 2 fully saturated rings. The zero-order chi connectivity index (χ0) is 16.3. The number of carbonyl (C=O) groups excluding carboxylic acids is 1. The van der Waals surface area contributed by atoms with Crippen molar-refractivity contribution < 1.29 is 14.3 Å². The van der Waals surface area contributed by atoms with E-state index in [9.17, 15) is 4.79 Å². The van der Waals surface area contributed by atoms with Gasteiger partial charge >= 0.3 is 0 Å². The Morgan fingerprint density at radius 1 is 1.17 bits per heavy atom. The third-order valence-corrected chi connectivity index (χ3v) is 4.71. The van der Waals surface area contributed by atoms with Crippen LogP contribution in [0.3, 0.4) is 0 Å². The molecule has 2 heterocycles. The van der Waals surface area contributed by atoms with Gasteiger partial charge < -0.3 is 19.7 Å². The molecule has 2 aliphatic rings. The zero-order valence-electron chi connectivity index (χ0n) is 14.0. The summed E-state index contributed by atoms with van der Waals surface area (Å²) in [7, 11) is 0. The van der Waals surface area contributed by atoms with E-state index in [-0.39, 0.29) is 5.91 Å². The average Bonchev–Trinajstić information content (AvgIpc) is 3.02. The van der Waals surface area contributed by atoms with Gasteiger partial charge in [0.05, 0.1) is 19.8 Å². The molecule has 2 saturated heterocycles. The molecule has 1 N–H and O–H groups in total. The minimum Gasteiger partial charge on any atom is -0.376 e. The van der Waals surface area contributed by atoms with Gasteiger partial charge in [-0.1, -0.05) is 26.0 Å². The van der Waals surface area contributed by atoms with Crippen LogP contribution >= 0.6 is 0 Å². The van der Waals surface area contributed by atoms with Crippen molar-refractivity contribution in [2.75, 3.05) is 38.2 Å². The molecule has 0 aromatic heterocycles. The second kappa shape index (κ2) is 6.89. The fourth-order valence-corrected chi connectivity index (χ4v) is 3.16. The number of hydrogen-bond acceptors (Lipinski definition) is 4. The summed E-state index contributed by atoms with van der Waals surface area (Å²) in [5.41, 5.74) is 2.29. The quantitative estimate of drug-likeness (QED) is 0.927. The monoisotopic (exact) mass is 318 g/mol. The molecule has 23 heavy (non-hydrogen) atoms. The Kier molecular flexibility index (Phi) is 4.87. The molecule has 5 heteroatoms. The van der Waals surface area contributed by atoms with Crippen LogP contribution in [0, 0.1) is 0 Å². The predicted octanol–water partition coefficient (Wildman–Crippen LogP) is 2.59. The van der Waals surface area contributed by atoms with Crippen molar-refractivity contribution >= 4 is 11.6 Å². The molecule has 1 spiro atoms. The topological polar surface area (TPSA) is 50.8 Å². The van der Waals surface area contributed by atoms with Crippen LogP contribution in [0.1, 0.15) is 38.2 Å². The van der Waals surface area contributed by atoms with E-state index in [4.69, 9.17) is 9.47 Å². The maximum atomic E-state index is 12.3. The van der Waals surface area contributed by atoms with Crippen molar-refractivity contribution in [3.05, 3.63) is 29.8 Å². The van der Waals surface area contributed by atoms with Crippen LogP contribution in [-0.2, 0) is 14.3 Å². The Morgan fingerprint density at radius 2 is 1.78 bits per heavy atom.